The molecule has 0 aliphatic carbocycles. The Morgan fingerprint density at radius 2 is 1.12 bits per heavy atom. The second-order valence-corrected chi connectivity index (χ2v) is 5.62. The van der Waals surface area contributed by atoms with Crippen LogP contribution in [0.15, 0.2) is 72.8 Å². The summed E-state index contributed by atoms with van der Waals surface area (Å²) in [5.41, 5.74) is 3.79. The maximum atomic E-state index is 12.6. The molecule has 4 heteroatoms. The number of hydrogen-bond donors (Lipinski definition) is 0. The van der Waals surface area contributed by atoms with Gasteiger partial charge in [-0.3, -0.25) is 0 Å². The van der Waals surface area contributed by atoms with Crippen molar-refractivity contribution in [3.63, 3.8) is 0 Å². The Morgan fingerprint density at radius 1 is 0.560 bits per heavy atom. The Hall–Kier alpha value is -3.40. The van der Waals surface area contributed by atoms with E-state index in [1.165, 1.54) is 0 Å². The molecule has 122 valence electrons. The quantitative estimate of drug-likeness (QED) is 0.657. The second kappa shape index (κ2) is 6.24. The van der Waals surface area contributed by atoms with Gasteiger partial charge in [0, 0.05) is 5.56 Å². The lowest BCUT2D eigenvalue weighted by molar-refractivity contribution is -0.0123. The zero-order valence-corrected chi connectivity index (χ0v) is 13.3. The molecule has 0 saturated carbocycles. The lowest BCUT2D eigenvalue weighted by atomic mass is 9.87. The second-order valence-electron chi connectivity index (χ2n) is 5.62. The smallest absolute Gasteiger partial charge is 0.342 e. The Morgan fingerprint density at radius 3 is 1.80 bits per heavy atom. The van der Waals surface area contributed by atoms with E-state index < -0.39 is 11.9 Å². The highest BCUT2D eigenvalue weighted by Crippen LogP contribution is 2.38. The minimum absolute atomic E-state index is 0.223. The van der Waals surface area contributed by atoms with Crippen LogP contribution in [-0.4, -0.2) is 18.7 Å². The van der Waals surface area contributed by atoms with E-state index in [0.29, 0.717) is 5.56 Å². The lowest BCUT2D eigenvalue weighted by Crippen LogP contribution is -2.09. The van der Waals surface area contributed by atoms with Crippen LogP contribution < -0.4 is 0 Å². The fourth-order valence-corrected chi connectivity index (χ4v) is 3.03. The molecule has 1 heterocycles. The highest BCUT2D eigenvalue weighted by molar-refractivity contribution is 6.11. The molecule has 0 spiro atoms. The molecule has 0 radical (unpaired) electrons. The first-order chi connectivity index (χ1) is 12.3. The summed E-state index contributed by atoms with van der Waals surface area (Å²) in [7, 11) is 0. The number of esters is 2. The van der Waals surface area contributed by atoms with Crippen LogP contribution in [0.2, 0.25) is 0 Å². The predicted molar refractivity (Wildman–Crippen MR) is 93.0 cm³/mol. The highest BCUT2D eigenvalue weighted by Gasteiger charge is 2.29. The normalized spacial score (nSPS) is 13.4. The van der Waals surface area contributed by atoms with Crippen LogP contribution in [0.25, 0.3) is 22.3 Å². The van der Waals surface area contributed by atoms with Gasteiger partial charge in [0.25, 0.3) is 0 Å². The van der Waals surface area contributed by atoms with Gasteiger partial charge in [0.1, 0.15) is 0 Å². The molecule has 4 nitrogen and oxygen atoms in total. The predicted octanol–water partition coefficient (Wildman–Crippen LogP) is 4.31. The van der Waals surface area contributed by atoms with Crippen molar-refractivity contribution in [2.45, 2.75) is 0 Å². The fourth-order valence-electron chi connectivity index (χ4n) is 3.03. The first kappa shape index (κ1) is 15.1. The van der Waals surface area contributed by atoms with Crippen LogP contribution >= 0.6 is 0 Å². The van der Waals surface area contributed by atoms with Gasteiger partial charge in [-0.1, -0.05) is 66.7 Å². The van der Waals surface area contributed by atoms with Gasteiger partial charge in [0.15, 0.2) is 0 Å². The maximum absolute atomic E-state index is 12.6. The molecule has 0 saturated heterocycles. The van der Waals surface area contributed by atoms with E-state index in [9.17, 15) is 9.59 Å². The number of carbonyl (C=O) groups is 2. The molecule has 0 aromatic heterocycles. The van der Waals surface area contributed by atoms with Crippen molar-refractivity contribution in [1.82, 2.24) is 0 Å². The highest BCUT2D eigenvalue weighted by atomic mass is 16.7. The van der Waals surface area contributed by atoms with Gasteiger partial charge in [-0.05, 0) is 22.8 Å². The summed E-state index contributed by atoms with van der Waals surface area (Å²) in [6.07, 6.45) is 0. The van der Waals surface area contributed by atoms with Crippen molar-refractivity contribution in [3.8, 4) is 22.3 Å². The van der Waals surface area contributed by atoms with Gasteiger partial charge in [-0.2, -0.15) is 0 Å². The molecule has 4 rings (SSSR count). The summed E-state index contributed by atoms with van der Waals surface area (Å²) in [5.74, 6) is -1.12. The fraction of sp³-hybridized carbons (Fsp3) is 0.0476. The summed E-state index contributed by atoms with van der Waals surface area (Å²) < 4.78 is 10.0. The minimum Gasteiger partial charge on any atom is -0.424 e. The SMILES string of the molecule is O=C1OCOC(=O)c2c1ccc(-c1ccccc1)c2-c1ccccc1. The Balaban J connectivity index is 2.08. The number of hydrogen-bond acceptors (Lipinski definition) is 4. The molecule has 3 aromatic rings. The molecule has 3 aromatic carbocycles. The number of benzene rings is 3. The van der Waals surface area contributed by atoms with E-state index in [1.54, 1.807) is 6.07 Å². The van der Waals surface area contributed by atoms with Crippen LogP contribution in [0.1, 0.15) is 20.7 Å². The first-order valence-corrected chi connectivity index (χ1v) is 7.88. The Labute approximate surface area is 144 Å². The summed E-state index contributed by atoms with van der Waals surface area (Å²) in [5, 5.41) is 0. The van der Waals surface area contributed by atoms with Crippen molar-refractivity contribution in [3.05, 3.63) is 83.9 Å². The molecule has 0 fully saturated rings. The average Bonchev–Trinajstić information content (AvgIpc) is 2.81. The summed E-state index contributed by atoms with van der Waals surface area (Å²) >= 11 is 0. The first-order valence-electron chi connectivity index (χ1n) is 7.88. The molecule has 0 N–H and O–H groups in total. The number of rotatable bonds is 2. The van der Waals surface area contributed by atoms with Crippen LogP contribution in [0.5, 0.6) is 0 Å². The van der Waals surface area contributed by atoms with E-state index in [0.717, 1.165) is 16.7 Å². The molecule has 0 unspecified atom stereocenters. The lowest BCUT2D eigenvalue weighted by Gasteiger charge is -2.15. The van der Waals surface area contributed by atoms with Gasteiger partial charge >= 0.3 is 11.9 Å². The largest absolute Gasteiger partial charge is 0.424 e. The van der Waals surface area contributed by atoms with E-state index in [1.807, 2.05) is 66.7 Å². The third-order valence-electron chi connectivity index (χ3n) is 4.16. The van der Waals surface area contributed by atoms with Crippen molar-refractivity contribution in [1.29, 1.82) is 0 Å². The number of ether oxygens (including phenoxy) is 2. The zero-order valence-electron chi connectivity index (χ0n) is 13.3. The van der Waals surface area contributed by atoms with Gasteiger partial charge in [-0.25, -0.2) is 9.59 Å². The van der Waals surface area contributed by atoms with Crippen LogP contribution in [0.3, 0.4) is 0 Å². The third-order valence-corrected chi connectivity index (χ3v) is 4.16. The van der Waals surface area contributed by atoms with Gasteiger partial charge in [-0.15, -0.1) is 0 Å². The van der Waals surface area contributed by atoms with Crippen molar-refractivity contribution in [2.75, 3.05) is 6.79 Å². The van der Waals surface area contributed by atoms with Crippen LogP contribution in [0.4, 0.5) is 0 Å². The van der Waals surface area contributed by atoms with Gasteiger partial charge < -0.3 is 9.47 Å². The van der Waals surface area contributed by atoms with Crippen LogP contribution in [0, 0.1) is 0 Å². The molecular weight excluding hydrogens is 316 g/mol. The molecule has 25 heavy (non-hydrogen) atoms. The third kappa shape index (κ3) is 2.68. The van der Waals surface area contributed by atoms with Crippen LogP contribution in [-0.2, 0) is 9.47 Å². The monoisotopic (exact) mass is 330 g/mol. The van der Waals surface area contributed by atoms with E-state index >= 15 is 0 Å². The number of fused-ring (bicyclic) bond motifs is 1. The molecule has 0 bridgehead atoms. The van der Waals surface area contributed by atoms with E-state index in [4.69, 9.17) is 9.47 Å². The molecule has 1 aliphatic heterocycles. The topological polar surface area (TPSA) is 52.6 Å². The van der Waals surface area contributed by atoms with Gasteiger partial charge in [0.2, 0.25) is 6.79 Å². The molecule has 0 amide bonds. The summed E-state index contributed by atoms with van der Waals surface area (Å²) in [6, 6.07) is 22.7. The summed E-state index contributed by atoms with van der Waals surface area (Å²) in [6.45, 7) is -0.374. The maximum Gasteiger partial charge on any atom is 0.342 e. The zero-order chi connectivity index (χ0) is 17.2. The van der Waals surface area contributed by atoms with Gasteiger partial charge in [0.05, 0.1) is 11.1 Å². The van der Waals surface area contributed by atoms with Crippen molar-refractivity contribution in [2.24, 2.45) is 0 Å². The summed E-state index contributed by atoms with van der Waals surface area (Å²) in [4.78, 5) is 24.8. The van der Waals surface area contributed by atoms with Crippen molar-refractivity contribution >= 4 is 11.9 Å². The molecular formula is C21H14O4. The molecule has 0 atom stereocenters. The van der Waals surface area contributed by atoms with Crippen molar-refractivity contribution < 1.29 is 19.1 Å². The number of cyclic esters (lactones) is 2. The molecule has 1 aliphatic rings. The Kier molecular flexibility index (Phi) is 3.78. The minimum atomic E-state index is -0.558. The standard InChI is InChI=1S/C21H14O4/c22-20-17-12-11-16(14-7-3-1-4-8-14)18(15-9-5-2-6-10-15)19(17)21(23)25-13-24-20/h1-12H,13H2. The number of carbonyl (C=O) groups excluding carboxylic acids is 2. The average molecular weight is 330 g/mol. The Bertz CT molecular complexity index is 946. The van der Waals surface area contributed by atoms with E-state index in [2.05, 4.69) is 0 Å². The van der Waals surface area contributed by atoms with E-state index in [-0.39, 0.29) is 17.9 Å².